The Kier molecular flexibility index (Phi) is 13.9. The predicted molar refractivity (Wildman–Crippen MR) is 184 cm³/mol. The summed E-state index contributed by atoms with van der Waals surface area (Å²) in [6, 6.07) is 33.0. The molecule has 51 heavy (non-hydrogen) atoms. The molecule has 0 aliphatic carbocycles. The highest BCUT2D eigenvalue weighted by Crippen LogP contribution is 2.32. The average molecular weight is 697 g/mol. The van der Waals surface area contributed by atoms with E-state index >= 15 is 0 Å². The number of methoxy groups -OCH3 is 1. The van der Waals surface area contributed by atoms with E-state index in [1.807, 2.05) is 0 Å². The van der Waals surface area contributed by atoms with Crippen molar-refractivity contribution in [3.63, 3.8) is 0 Å². The van der Waals surface area contributed by atoms with Crippen LogP contribution in [0.25, 0.3) is 0 Å². The van der Waals surface area contributed by atoms with Gasteiger partial charge in [0.05, 0.1) is 22.3 Å². The Bertz CT molecular complexity index is 1680. The largest absolute Gasteiger partial charge is 0.459 e. The van der Waals surface area contributed by atoms with E-state index in [0.29, 0.717) is 13.0 Å². The van der Waals surface area contributed by atoms with Gasteiger partial charge in [0.2, 0.25) is 0 Å². The molecule has 0 amide bonds. The second-order valence-electron chi connectivity index (χ2n) is 11.6. The minimum absolute atomic E-state index is 0.179. The molecule has 1 aliphatic heterocycles. The van der Waals surface area contributed by atoms with Gasteiger partial charge in [0, 0.05) is 20.3 Å². The van der Waals surface area contributed by atoms with Gasteiger partial charge in [0.25, 0.3) is 0 Å². The second-order valence-corrected chi connectivity index (χ2v) is 11.6. The summed E-state index contributed by atoms with van der Waals surface area (Å²) in [7, 11) is 1.63. The zero-order valence-electron chi connectivity index (χ0n) is 28.2. The van der Waals surface area contributed by atoms with Gasteiger partial charge >= 0.3 is 23.9 Å². The van der Waals surface area contributed by atoms with Crippen molar-refractivity contribution in [1.29, 1.82) is 0 Å². The minimum atomic E-state index is -1.47. The number of carbonyl (C=O) groups is 4. The Morgan fingerprint density at radius 1 is 0.510 bits per heavy atom. The molecule has 0 radical (unpaired) electrons. The SMILES string of the molecule is COCCCCCO[C@H]1OC(COC(=O)c2ccccc2)[C@@H](OC(=O)c2ccccc2)[C@H](OC(=O)c2ccccc2)C1OC(=O)c1ccccc1. The Morgan fingerprint density at radius 3 is 1.39 bits per heavy atom. The van der Waals surface area contributed by atoms with E-state index < -0.39 is 61.2 Å². The molecule has 0 spiro atoms. The smallest absolute Gasteiger partial charge is 0.338 e. The van der Waals surface area contributed by atoms with Crippen molar-refractivity contribution < 1.29 is 52.3 Å². The van der Waals surface area contributed by atoms with Crippen LogP contribution in [-0.4, -0.2) is 81.5 Å². The summed E-state index contributed by atoms with van der Waals surface area (Å²) >= 11 is 0. The van der Waals surface area contributed by atoms with Gasteiger partial charge in [0.1, 0.15) is 12.7 Å². The van der Waals surface area contributed by atoms with Crippen LogP contribution in [0.3, 0.4) is 0 Å². The molecule has 4 aromatic carbocycles. The molecule has 1 fully saturated rings. The van der Waals surface area contributed by atoms with Crippen LogP contribution in [0.2, 0.25) is 0 Å². The third-order valence-electron chi connectivity index (χ3n) is 8.01. The first-order valence-corrected chi connectivity index (χ1v) is 16.7. The number of carbonyl (C=O) groups excluding carboxylic acids is 4. The van der Waals surface area contributed by atoms with Gasteiger partial charge in [-0.1, -0.05) is 72.8 Å². The van der Waals surface area contributed by atoms with Gasteiger partial charge in [-0.15, -0.1) is 0 Å². The summed E-state index contributed by atoms with van der Waals surface area (Å²) in [6.45, 7) is 0.336. The fourth-order valence-corrected chi connectivity index (χ4v) is 5.39. The number of ether oxygens (including phenoxy) is 7. The molecule has 1 saturated heterocycles. The lowest BCUT2D eigenvalue weighted by atomic mass is 9.97. The molecule has 0 aromatic heterocycles. The third-order valence-corrected chi connectivity index (χ3v) is 8.01. The molecule has 2 unspecified atom stereocenters. The minimum Gasteiger partial charge on any atom is -0.459 e. The first-order chi connectivity index (χ1) is 24.9. The number of hydrogen-bond acceptors (Lipinski definition) is 11. The van der Waals surface area contributed by atoms with E-state index in [0.717, 1.165) is 12.8 Å². The second kappa shape index (κ2) is 19.1. The number of hydrogen-bond donors (Lipinski definition) is 0. The molecule has 11 nitrogen and oxygen atoms in total. The zero-order chi connectivity index (χ0) is 35.8. The van der Waals surface area contributed by atoms with Crippen LogP contribution < -0.4 is 0 Å². The molecule has 11 heteroatoms. The van der Waals surface area contributed by atoms with Crippen LogP contribution >= 0.6 is 0 Å². The van der Waals surface area contributed by atoms with Crippen LogP contribution in [0.4, 0.5) is 0 Å². The van der Waals surface area contributed by atoms with E-state index in [9.17, 15) is 19.2 Å². The van der Waals surface area contributed by atoms with Crippen molar-refractivity contribution in [2.45, 2.75) is 50.0 Å². The maximum atomic E-state index is 13.7. The maximum Gasteiger partial charge on any atom is 0.338 e. The molecule has 0 saturated carbocycles. The van der Waals surface area contributed by atoms with Crippen molar-refractivity contribution in [3.05, 3.63) is 144 Å². The van der Waals surface area contributed by atoms with Crippen LogP contribution in [0, 0.1) is 0 Å². The summed E-state index contributed by atoms with van der Waals surface area (Å²) in [4.78, 5) is 53.8. The van der Waals surface area contributed by atoms with Crippen LogP contribution in [0.5, 0.6) is 0 Å². The summed E-state index contributed by atoms with van der Waals surface area (Å²) < 4.78 is 41.4. The molecule has 5 atom stereocenters. The zero-order valence-corrected chi connectivity index (χ0v) is 28.2. The number of unbranched alkanes of at least 4 members (excludes halogenated alkanes) is 2. The Labute approximate surface area is 296 Å². The van der Waals surface area contributed by atoms with E-state index in [2.05, 4.69) is 0 Å². The molecule has 0 bridgehead atoms. The van der Waals surface area contributed by atoms with Crippen molar-refractivity contribution >= 4 is 23.9 Å². The molecule has 5 rings (SSSR count). The quantitative estimate of drug-likeness (QED) is 0.0767. The van der Waals surface area contributed by atoms with Crippen LogP contribution in [-0.2, 0) is 33.2 Å². The Morgan fingerprint density at radius 2 is 0.922 bits per heavy atom. The van der Waals surface area contributed by atoms with E-state index in [4.69, 9.17) is 33.2 Å². The van der Waals surface area contributed by atoms with Gasteiger partial charge in [-0.05, 0) is 67.8 Å². The Balaban J connectivity index is 1.51. The average Bonchev–Trinajstić information content (AvgIpc) is 3.18. The highest BCUT2D eigenvalue weighted by atomic mass is 16.7. The standard InChI is InChI=1S/C40H40O11/c1-45-25-15-6-16-26-46-40-35(51-39(44)31-23-13-5-14-24-31)34(50-38(43)30-21-11-4-12-22-30)33(49-37(42)29-19-9-3-10-20-29)32(48-40)27-47-36(41)28-17-7-2-8-18-28/h2-5,7-14,17-24,32-35,40H,6,15-16,25-27H2,1H3/t32?,33-,34+,35?,40+/m1/s1. The fraction of sp³-hybridized carbons (Fsp3) is 0.300. The molecule has 0 N–H and O–H groups in total. The van der Waals surface area contributed by atoms with Gasteiger partial charge < -0.3 is 33.2 Å². The Hall–Kier alpha value is -5.36. The van der Waals surface area contributed by atoms with Crippen molar-refractivity contribution in [2.75, 3.05) is 26.9 Å². The van der Waals surface area contributed by atoms with Crippen LogP contribution in [0.15, 0.2) is 121 Å². The van der Waals surface area contributed by atoms with Gasteiger partial charge in [-0.3, -0.25) is 0 Å². The van der Waals surface area contributed by atoms with Crippen molar-refractivity contribution in [2.24, 2.45) is 0 Å². The van der Waals surface area contributed by atoms with Gasteiger partial charge in [0.15, 0.2) is 24.6 Å². The molecule has 1 aliphatic rings. The van der Waals surface area contributed by atoms with Crippen molar-refractivity contribution in [3.8, 4) is 0 Å². The van der Waals surface area contributed by atoms with Crippen molar-refractivity contribution in [1.82, 2.24) is 0 Å². The summed E-state index contributed by atoms with van der Waals surface area (Å²) in [5, 5.41) is 0. The first kappa shape index (κ1) is 36.9. The highest BCUT2D eigenvalue weighted by molar-refractivity contribution is 5.91. The fourth-order valence-electron chi connectivity index (χ4n) is 5.39. The van der Waals surface area contributed by atoms with E-state index in [-0.39, 0.29) is 28.9 Å². The third kappa shape index (κ3) is 10.6. The lowest BCUT2D eigenvalue weighted by molar-refractivity contribution is -0.298. The van der Waals surface area contributed by atoms with E-state index in [1.54, 1.807) is 128 Å². The number of benzene rings is 4. The normalized spacial score (nSPS) is 19.7. The maximum absolute atomic E-state index is 13.7. The molecular weight excluding hydrogens is 656 g/mol. The van der Waals surface area contributed by atoms with Gasteiger partial charge in [-0.2, -0.15) is 0 Å². The molecule has 4 aromatic rings. The topological polar surface area (TPSA) is 133 Å². The monoisotopic (exact) mass is 696 g/mol. The highest BCUT2D eigenvalue weighted by Gasteiger charge is 2.53. The van der Waals surface area contributed by atoms with Crippen LogP contribution in [0.1, 0.15) is 60.7 Å². The summed E-state index contributed by atoms with van der Waals surface area (Å²) in [6.07, 6.45) is -4.67. The lowest BCUT2D eigenvalue weighted by Gasteiger charge is -2.44. The lowest BCUT2D eigenvalue weighted by Crippen LogP contribution is -2.63. The predicted octanol–water partition coefficient (Wildman–Crippen LogP) is 6.08. The summed E-state index contributed by atoms with van der Waals surface area (Å²) in [5.41, 5.74) is 0.920. The number of rotatable bonds is 16. The van der Waals surface area contributed by atoms with Gasteiger partial charge in [-0.25, -0.2) is 19.2 Å². The summed E-state index contributed by atoms with van der Waals surface area (Å²) in [5.74, 6) is -2.95. The molecule has 266 valence electrons. The first-order valence-electron chi connectivity index (χ1n) is 16.7. The molecular formula is C40H40O11. The molecule has 1 heterocycles. The number of esters is 4. The van der Waals surface area contributed by atoms with E-state index in [1.165, 1.54) is 0 Å².